The van der Waals surface area contributed by atoms with Crippen molar-refractivity contribution in [3.63, 3.8) is 0 Å². The van der Waals surface area contributed by atoms with Crippen molar-refractivity contribution in [3.05, 3.63) is 28.8 Å². The summed E-state index contributed by atoms with van der Waals surface area (Å²) in [5, 5.41) is 11.2. The van der Waals surface area contributed by atoms with Gasteiger partial charge in [0.15, 0.2) is 0 Å². The summed E-state index contributed by atoms with van der Waals surface area (Å²) in [6.45, 7) is 0. The molecule has 2 bridgehead atoms. The molecule has 1 heterocycles. The smallest absolute Gasteiger partial charge is 0.238 e. The molecule has 0 spiro atoms. The van der Waals surface area contributed by atoms with Crippen LogP contribution >= 0.6 is 11.6 Å². The average Bonchev–Trinajstić information content (AvgIpc) is 3.14. The van der Waals surface area contributed by atoms with Gasteiger partial charge in [0.05, 0.1) is 28.5 Å². The largest absolute Gasteiger partial charge is 0.545 e. The minimum absolute atomic E-state index is 0.0972. The molecular weight excluding hydrogens is 306 g/mol. The van der Waals surface area contributed by atoms with Crippen molar-refractivity contribution in [2.24, 2.45) is 23.7 Å². The zero-order valence-corrected chi connectivity index (χ0v) is 12.4. The molecule has 0 radical (unpaired) electrons. The molecule has 4 rings (SSSR count). The van der Waals surface area contributed by atoms with Crippen LogP contribution in [0.4, 0.5) is 5.69 Å². The predicted octanol–water partition coefficient (Wildman–Crippen LogP) is 1.24. The Morgan fingerprint density at radius 3 is 2.27 bits per heavy atom. The van der Waals surface area contributed by atoms with E-state index in [2.05, 4.69) is 0 Å². The molecule has 4 unspecified atom stereocenters. The fourth-order valence-corrected chi connectivity index (χ4v) is 4.66. The van der Waals surface area contributed by atoms with Crippen LogP contribution in [0.1, 0.15) is 29.6 Å². The molecule has 3 aliphatic rings. The SMILES string of the molecule is O=C([O-])c1ccc(Cl)c(N2C(=O)C3C4CCC(C4)C3C2=O)c1. The standard InChI is InChI=1S/C16H14ClNO4/c17-10-4-3-9(16(21)22)6-11(10)18-14(19)12-7-1-2-8(5-7)13(12)15(18)20/h3-4,6-8,12-13H,1-2,5H2,(H,21,22)/p-1. The minimum atomic E-state index is -1.36. The highest BCUT2D eigenvalue weighted by atomic mass is 35.5. The number of imide groups is 1. The van der Waals surface area contributed by atoms with E-state index in [-0.39, 0.29) is 51.8 Å². The molecule has 6 heteroatoms. The molecule has 114 valence electrons. The van der Waals surface area contributed by atoms with Crippen LogP contribution in [0.15, 0.2) is 18.2 Å². The van der Waals surface area contributed by atoms with E-state index in [0.717, 1.165) is 24.2 Å². The lowest BCUT2D eigenvalue weighted by Gasteiger charge is -2.19. The molecule has 2 saturated carbocycles. The molecule has 5 nitrogen and oxygen atoms in total. The highest BCUT2D eigenvalue weighted by Gasteiger charge is 2.61. The highest BCUT2D eigenvalue weighted by molar-refractivity contribution is 6.36. The maximum Gasteiger partial charge on any atom is 0.238 e. The Kier molecular flexibility index (Phi) is 2.85. The molecule has 1 aliphatic heterocycles. The van der Waals surface area contributed by atoms with Gasteiger partial charge in [0.2, 0.25) is 11.8 Å². The molecule has 1 aromatic carbocycles. The summed E-state index contributed by atoms with van der Waals surface area (Å²) in [5.74, 6) is -1.79. The second kappa shape index (κ2) is 4.56. The molecule has 0 aromatic heterocycles. The monoisotopic (exact) mass is 318 g/mol. The summed E-state index contributed by atoms with van der Waals surface area (Å²) in [4.78, 5) is 37.5. The third kappa shape index (κ3) is 1.69. The van der Waals surface area contributed by atoms with E-state index in [1.165, 1.54) is 18.2 Å². The Labute approximate surface area is 131 Å². The summed E-state index contributed by atoms with van der Waals surface area (Å²) >= 11 is 6.10. The van der Waals surface area contributed by atoms with E-state index in [1.54, 1.807) is 0 Å². The quantitative estimate of drug-likeness (QED) is 0.769. The first-order chi connectivity index (χ1) is 10.5. The van der Waals surface area contributed by atoms with Crippen molar-refractivity contribution in [3.8, 4) is 0 Å². The zero-order chi connectivity index (χ0) is 15.6. The molecule has 0 N–H and O–H groups in total. The Morgan fingerprint density at radius 1 is 1.14 bits per heavy atom. The first-order valence-corrected chi connectivity index (χ1v) is 7.75. The van der Waals surface area contributed by atoms with E-state index in [4.69, 9.17) is 11.6 Å². The van der Waals surface area contributed by atoms with Crippen LogP contribution in [-0.4, -0.2) is 17.8 Å². The van der Waals surface area contributed by atoms with Gasteiger partial charge in [0, 0.05) is 0 Å². The number of rotatable bonds is 2. The third-order valence-electron chi connectivity index (χ3n) is 5.35. The number of hydrogen-bond acceptors (Lipinski definition) is 4. The molecular formula is C16H13ClNO4-. The van der Waals surface area contributed by atoms with Gasteiger partial charge in [-0.25, -0.2) is 4.90 Å². The van der Waals surface area contributed by atoms with Crippen LogP contribution < -0.4 is 10.0 Å². The van der Waals surface area contributed by atoms with Gasteiger partial charge < -0.3 is 9.90 Å². The maximum atomic E-state index is 12.7. The number of hydrogen-bond donors (Lipinski definition) is 0. The molecule has 2 amide bonds. The first kappa shape index (κ1) is 13.8. The van der Waals surface area contributed by atoms with Gasteiger partial charge in [-0.1, -0.05) is 17.7 Å². The van der Waals surface area contributed by atoms with Gasteiger partial charge in [-0.15, -0.1) is 0 Å². The van der Waals surface area contributed by atoms with Crippen molar-refractivity contribution < 1.29 is 19.5 Å². The highest BCUT2D eigenvalue weighted by Crippen LogP contribution is 2.56. The van der Waals surface area contributed by atoms with E-state index in [1.807, 2.05) is 0 Å². The minimum Gasteiger partial charge on any atom is -0.545 e. The average molecular weight is 319 g/mol. The van der Waals surface area contributed by atoms with Crippen molar-refractivity contribution >= 4 is 35.1 Å². The van der Waals surface area contributed by atoms with Crippen molar-refractivity contribution in [1.29, 1.82) is 0 Å². The van der Waals surface area contributed by atoms with Crippen LogP contribution in [-0.2, 0) is 9.59 Å². The lowest BCUT2D eigenvalue weighted by Crippen LogP contribution is -2.33. The molecule has 1 saturated heterocycles. The second-order valence-corrected chi connectivity index (χ2v) is 6.76. The number of carbonyl (C=O) groups is 3. The summed E-state index contributed by atoms with van der Waals surface area (Å²) in [7, 11) is 0. The third-order valence-corrected chi connectivity index (χ3v) is 5.67. The van der Waals surface area contributed by atoms with E-state index in [0.29, 0.717) is 0 Å². The number of benzene rings is 1. The Morgan fingerprint density at radius 2 is 1.73 bits per heavy atom. The second-order valence-electron chi connectivity index (χ2n) is 6.35. The van der Waals surface area contributed by atoms with E-state index < -0.39 is 5.97 Å². The summed E-state index contributed by atoms with van der Waals surface area (Å²) < 4.78 is 0. The van der Waals surface area contributed by atoms with Crippen LogP contribution in [0.25, 0.3) is 0 Å². The molecule has 2 aliphatic carbocycles. The van der Waals surface area contributed by atoms with Gasteiger partial charge in [0.25, 0.3) is 0 Å². The number of amides is 2. The number of carboxylic acid groups (broad SMARTS) is 1. The van der Waals surface area contributed by atoms with Crippen molar-refractivity contribution in [1.82, 2.24) is 0 Å². The van der Waals surface area contributed by atoms with Gasteiger partial charge >= 0.3 is 0 Å². The summed E-state index contributed by atoms with van der Waals surface area (Å²) in [5.41, 5.74) is 0.0622. The van der Waals surface area contributed by atoms with Crippen LogP contribution in [0.5, 0.6) is 0 Å². The number of halogens is 1. The predicted molar refractivity (Wildman–Crippen MR) is 76.1 cm³/mol. The molecule has 22 heavy (non-hydrogen) atoms. The van der Waals surface area contributed by atoms with Crippen LogP contribution in [0.2, 0.25) is 5.02 Å². The van der Waals surface area contributed by atoms with E-state index in [9.17, 15) is 19.5 Å². The molecule has 4 atom stereocenters. The molecule has 3 fully saturated rings. The van der Waals surface area contributed by atoms with E-state index >= 15 is 0 Å². The summed E-state index contributed by atoms with van der Waals surface area (Å²) in [6.07, 6.45) is 2.94. The number of aromatic carboxylic acids is 1. The van der Waals surface area contributed by atoms with Gasteiger partial charge in [-0.3, -0.25) is 9.59 Å². The van der Waals surface area contributed by atoms with Crippen LogP contribution in [0, 0.1) is 23.7 Å². The Bertz CT molecular complexity index is 688. The fraction of sp³-hybridized carbons (Fsp3) is 0.438. The number of carbonyl (C=O) groups excluding carboxylic acids is 3. The number of fused-ring (bicyclic) bond motifs is 5. The van der Waals surface area contributed by atoms with Crippen molar-refractivity contribution in [2.45, 2.75) is 19.3 Å². The normalized spacial score (nSPS) is 32.7. The Hall–Kier alpha value is -1.88. The summed E-state index contributed by atoms with van der Waals surface area (Å²) in [6, 6.07) is 3.93. The Balaban J connectivity index is 1.78. The first-order valence-electron chi connectivity index (χ1n) is 7.37. The maximum absolute atomic E-state index is 12.7. The zero-order valence-electron chi connectivity index (χ0n) is 11.6. The fourth-order valence-electron chi connectivity index (χ4n) is 4.46. The van der Waals surface area contributed by atoms with Crippen LogP contribution in [0.3, 0.4) is 0 Å². The number of carboxylic acids is 1. The lowest BCUT2D eigenvalue weighted by atomic mass is 9.81. The molecule has 1 aromatic rings. The topological polar surface area (TPSA) is 77.5 Å². The van der Waals surface area contributed by atoms with Crippen molar-refractivity contribution in [2.75, 3.05) is 4.90 Å². The number of anilines is 1. The van der Waals surface area contributed by atoms with Gasteiger partial charge in [0.1, 0.15) is 0 Å². The van der Waals surface area contributed by atoms with Gasteiger partial charge in [-0.05, 0) is 48.8 Å². The lowest BCUT2D eigenvalue weighted by molar-refractivity contribution is -0.255. The van der Waals surface area contributed by atoms with Gasteiger partial charge in [-0.2, -0.15) is 0 Å². The number of nitrogens with zero attached hydrogens (tertiary/aromatic N) is 1.